The number of carbonyl (C=O) groups is 1. The van der Waals surface area contributed by atoms with Crippen LogP contribution in [-0.4, -0.2) is 33.0 Å². The maximum atomic E-state index is 13.4. The molecule has 3 N–H and O–H groups in total. The Balaban J connectivity index is 1.28. The number of nitrogens with zero attached hydrogens (tertiary/aromatic N) is 3. The zero-order valence-corrected chi connectivity index (χ0v) is 19.1. The number of benzene rings is 4. The largest absolute Gasteiger partial charge is 0.494 e. The summed E-state index contributed by atoms with van der Waals surface area (Å²) in [5.74, 6) is 1.02. The van der Waals surface area contributed by atoms with Crippen molar-refractivity contribution in [3.63, 3.8) is 0 Å². The number of aromatic nitrogens is 4. The van der Waals surface area contributed by atoms with Crippen molar-refractivity contribution >= 4 is 22.2 Å². The quantitative estimate of drug-likeness (QED) is 0.176. The second-order valence-electron chi connectivity index (χ2n) is 8.31. The highest BCUT2D eigenvalue weighted by molar-refractivity contribution is 6.20. The van der Waals surface area contributed by atoms with Crippen molar-refractivity contribution in [1.82, 2.24) is 20.6 Å². The van der Waals surface area contributed by atoms with Gasteiger partial charge < -0.3 is 10.5 Å². The van der Waals surface area contributed by atoms with Crippen LogP contribution < -0.4 is 10.5 Å². The molecule has 0 aliphatic heterocycles. The van der Waals surface area contributed by atoms with Crippen LogP contribution in [0.5, 0.6) is 5.75 Å². The fraction of sp³-hybridized carbons (Fsp3) is 0.143. The number of rotatable bonds is 9. The number of H-pyrrole nitrogens is 1. The molecule has 0 aliphatic rings. The summed E-state index contributed by atoms with van der Waals surface area (Å²) >= 11 is 0. The number of aryl methyl sites for hydroxylation is 1. The number of nitrogens with two attached hydrogens (primary N) is 1. The van der Waals surface area contributed by atoms with Crippen LogP contribution in [0.1, 0.15) is 34.3 Å². The fourth-order valence-corrected chi connectivity index (χ4v) is 4.19. The summed E-state index contributed by atoms with van der Waals surface area (Å²) in [5.41, 5.74) is 9.99. The summed E-state index contributed by atoms with van der Waals surface area (Å²) in [6.45, 7) is 0.638. The van der Waals surface area contributed by atoms with Gasteiger partial charge in [-0.05, 0) is 65.8 Å². The summed E-state index contributed by atoms with van der Waals surface area (Å²) < 4.78 is 5.88. The van der Waals surface area contributed by atoms with Gasteiger partial charge >= 0.3 is 0 Å². The Labute approximate surface area is 202 Å². The van der Waals surface area contributed by atoms with E-state index in [1.54, 1.807) is 18.2 Å². The monoisotopic (exact) mass is 463 g/mol. The number of hydrogen-bond acceptors (Lipinski definition) is 6. The maximum Gasteiger partial charge on any atom is 0.206 e. The topological polar surface area (TPSA) is 107 Å². The number of nitrogens with one attached hydrogen (secondary N) is 1. The molecule has 5 rings (SSSR count). The summed E-state index contributed by atoms with van der Waals surface area (Å²) in [7, 11) is 0. The molecule has 0 unspecified atom stereocenters. The smallest absolute Gasteiger partial charge is 0.206 e. The Hall–Kier alpha value is -4.52. The molecule has 174 valence electrons. The first-order valence-electron chi connectivity index (χ1n) is 11.6. The van der Waals surface area contributed by atoms with Crippen LogP contribution in [0.4, 0.5) is 5.69 Å². The van der Waals surface area contributed by atoms with Gasteiger partial charge in [0.1, 0.15) is 5.75 Å². The number of anilines is 1. The van der Waals surface area contributed by atoms with Gasteiger partial charge in [0.05, 0.1) is 12.3 Å². The molecular weight excluding hydrogens is 438 g/mol. The van der Waals surface area contributed by atoms with Gasteiger partial charge in [-0.2, -0.15) is 5.21 Å². The number of ether oxygens (including phenoxy) is 1. The average Bonchev–Trinajstić information content (AvgIpc) is 3.44. The highest BCUT2D eigenvalue weighted by Crippen LogP contribution is 2.33. The highest BCUT2D eigenvalue weighted by Gasteiger charge is 2.18. The summed E-state index contributed by atoms with van der Waals surface area (Å²) in [6, 6.07) is 27.0. The van der Waals surface area contributed by atoms with Gasteiger partial charge in [0, 0.05) is 22.1 Å². The number of nitrogen functional groups attached to an aromatic ring is 1. The lowest BCUT2D eigenvalue weighted by molar-refractivity contribution is 0.104. The van der Waals surface area contributed by atoms with Crippen LogP contribution >= 0.6 is 0 Å². The molecule has 1 aromatic heterocycles. The molecule has 7 heteroatoms. The summed E-state index contributed by atoms with van der Waals surface area (Å²) in [5, 5.41) is 15.6. The summed E-state index contributed by atoms with van der Waals surface area (Å²) in [4.78, 5) is 13.4. The van der Waals surface area contributed by atoms with E-state index in [4.69, 9.17) is 10.5 Å². The van der Waals surface area contributed by atoms with Gasteiger partial charge in [0.25, 0.3) is 0 Å². The predicted octanol–water partition coefficient (Wildman–Crippen LogP) is 5.23. The van der Waals surface area contributed by atoms with Crippen molar-refractivity contribution in [2.45, 2.75) is 19.3 Å². The third kappa shape index (κ3) is 4.89. The molecule has 0 amide bonds. The molecule has 4 aromatic carbocycles. The summed E-state index contributed by atoms with van der Waals surface area (Å²) in [6.07, 6.45) is 3.07. The molecule has 1 heterocycles. The van der Waals surface area contributed by atoms with Gasteiger partial charge in [0.2, 0.25) is 5.82 Å². The van der Waals surface area contributed by atoms with Gasteiger partial charge in [-0.1, -0.05) is 54.6 Å². The Morgan fingerprint density at radius 2 is 1.71 bits per heavy atom. The van der Waals surface area contributed by atoms with E-state index in [-0.39, 0.29) is 5.78 Å². The first kappa shape index (κ1) is 22.3. The molecule has 0 atom stereocenters. The van der Waals surface area contributed by atoms with Crippen LogP contribution in [0.2, 0.25) is 0 Å². The van der Waals surface area contributed by atoms with E-state index in [2.05, 4.69) is 44.9 Å². The fourth-order valence-electron chi connectivity index (χ4n) is 4.19. The molecule has 0 radical (unpaired) electrons. The predicted molar refractivity (Wildman–Crippen MR) is 136 cm³/mol. The molecule has 5 aromatic rings. The van der Waals surface area contributed by atoms with Gasteiger partial charge in [0.15, 0.2) is 5.78 Å². The molecule has 0 bridgehead atoms. The second-order valence-corrected chi connectivity index (χ2v) is 8.31. The molecule has 7 nitrogen and oxygen atoms in total. The Bertz CT molecular complexity index is 1430. The van der Waals surface area contributed by atoms with Gasteiger partial charge in [-0.25, -0.2) is 0 Å². The zero-order valence-electron chi connectivity index (χ0n) is 19.1. The lowest BCUT2D eigenvalue weighted by atomic mass is 9.94. The Morgan fingerprint density at radius 3 is 2.49 bits per heavy atom. The third-order valence-electron chi connectivity index (χ3n) is 6.00. The lowest BCUT2D eigenvalue weighted by Gasteiger charge is -2.12. The minimum Gasteiger partial charge on any atom is -0.494 e. The van der Waals surface area contributed by atoms with Crippen molar-refractivity contribution in [3.8, 4) is 17.1 Å². The van der Waals surface area contributed by atoms with Crippen LogP contribution in [-0.2, 0) is 6.42 Å². The van der Waals surface area contributed by atoms with Crippen molar-refractivity contribution in [2.24, 2.45) is 0 Å². The third-order valence-corrected chi connectivity index (χ3v) is 6.00. The Morgan fingerprint density at radius 1 is 0.886 bits per heavy atom. The molecule has 35 heavy (non-hydrogen) atoms. The van der Waals surface area contributed by atoms with E-state index in [1.165, 1.54) is 5.56 Å². The number of carbonyl (C=O) groups excluding carboxylic acids is 1. The van der Waals surface area contributed by atoms with Crippen LogP contribution in [0, 0.1) is 0 Å². The number of unbranched alkanes of at least 4 members (excludes halogenated alkanes) is 1. The van der Waals surface area contributed by atoms with Crippen LogP contribution in [0.25, 0.3) is 22.2 Å². The number of fused-ring (bicyclic) bond motifs is 1. The van der Waals surface area contributed by atoms with E-state index in [0.717, 1.165) is 30.4 Å². The van der Waals surface area contributed by atoms with E-state index < -0.39 is 0 Å². The zero-order chi connectivity index (χ0) is 24.0. The van der Waals surface area contributed by atoms with E-state index in [1.807, 2.05) is 42.5 Å². The van der Waals surface area contributed by atoms with Crippen LogP contribution in [0.15, 0.2) is 84.9 Å². The molecule has 0 saturated carbocycles. The van der Waals surface area contributed by atoms with Crippen molar-refractivity contribution in [2.75, 3.05) is 12.3 Å². The molecule has 0 saturated heterocycles. The SMILES string of the molecule is Nc1c(-c2nn[nH]n2)ccc2cccc(C(=O)c3ccc(OCCCCc4ccccc4)cc3)c12. The van der Waals surface area contributed by atoms with E-state index in [9.17, 15) is 4.79 Å². The Kier molecular flexibility index (Phi) is 6.48. The maximum absolute atomic E-state index is 13.4. The first-order chi connectivity index (χ1) is 17.2. The van der Waals surface area contributed by atoms with Gasteiger partial charge in [-0.3, -0.25) is 4.79 Å². The van der Waals surface area contributed by atoms with Crippen LogP contribution in [0.3, 0.4) is 0 Å². The first-order valence-corrected chi connectivity index (χ1v) is 11.6. The number of aromatic amines is 1. The molecule has 0 spiro atoms. The number of tetrazole rings is 1. The molecule has 0 fully saturated rings. The minimum absolute atomic E-state index is 0.109. The van der Waals surface area contributed by atoms with Crippen molar-refractivity contribution in [3.05, 3.63) is 102 Å². The lowest BCUT2D eigenvalue weighted by Crippen LogP contribution is -2.05. The molecular formula is C28H25N5O2. The van der Waals surface area contributed by atoms with Gasteiger partial charge in [-0.15, -0.1) is 10.2 Å². The minimum atomic E-state index is -0.109. The highest BCUT2D eigenvalue weighted by atomic mass is 16.5. The standard InChI is InChI=1S/C28H25N5O2/c29-26-24(28-30-32-33-31-28)17-14-20-10-6-11-23(25(20)26)27(34)21-12-15-22(16-13-21)35-18-5-4-9-19-7-2-1-3-8-19/h1-3,6-8,10-17H,4-5,9,18,29H2,(H,30,31,32,33). The normalized spacial score (nSPS) is 11.0. The number of ketones is 1. The van der Waals surface area contributed by atoms with Crippen molar-refractivity contribution < 1.29 is 9.53 Å². The average molecular weight is 464 g/mol. The van der Waals surface area contributed by atoms with E-state index >= 15 is 0 Å². The van der Waals surface area contributed by atoms with E-state index in [0.29, 0.717) is 40.2 Å². The van der Waals surface area contributed by atoms with Crippen molar-refractivity contribution in [1.29, 1.82) is 0 Å². The number of hydrogen-bond donors (Lipinski definition) is 2. The molecule has 0 aliphatic carbocycles. The second kappa shape index (κ2) is 10.2.